The Morgan fingerprint density at radius 1 is 1.26 bits per heavy atom. The third kappa shape index (κ3) is 3.99. The zero-order valence-electron chi connectivity index (χ0n) is 13.6. The molecule has 5 nitrogen and oxygen atoms in total. The van der Waals surface area contributed by atoms with Gasteiger partial charge in [0.1, 0.15) is 0 Å². The van der Waals surface area contributed by atoms with Crippen molar-refractivity contribution in [2.24, 2.45) is 5.92 Å². The summed E-state index contributed by atoms with van der Waals surface area (Å²) in [5, 5.41) is 7.93. The lowest BCUT2D eigenvalue weighted by atomic mass is 9.99. The summed E-state index contributed by atoms with van der Waals surface area (Å²) in [5.41, 5.74) is 1.94. The number of carbonyl (C=O) groups is 1. The largest absolute Gasteiger partial charge is 0.340 e. The Balaban J connectivity index is 1.62. The number of nitrogens with one attached hydrogen (secondary N) is 1. The highest BCUT2D eigenvalue weighted by Crippen LogP contribution is 2.17. The normalized spacial score (nSPS) is 18.4. The molecule has 23 heavy (non-hydrogen) atoms. The minimum absolute atomic E-state index is 0.145. The maximum atomic E-state index is 12.6. The van der Waals surface area contributed by atoms with Gasteiger partial charge in [-0.25, -0.2) is 4.68 Å². The van der Waals surface area contributed by atoms with E-state index in [1.165, 1.54) is 0 Å². The summed E-state index contributed by atoms with van der Waals surface area (Å²) in [6, 6.07) is 12.0. The minimum Gasteiger partial charge on any atom is -0.340 e. The molecule has 1 aromatic carbocycles. The van der Waals surface area contributed by atoms with E-state index in [0.29, 0.717) is 6.54 Å². The molecule has 2 aromatic rings. The van der Waals surface area contributed by atoms with E-state index < -0.39 is 0 Å². The SMILES string of the molecule is CN(Cc1ccn(-c2ccccc2)n1)C(=O)C1CCCNCC1. The predicted octanol–water partition coefficient (Wildman–Crippen LogP) is 2.22. The Morgan fingerprint density at radius 2 is 2.09 bits per heavy atom. The van der Waals surface area contributed by atoms with Crippen LogP contribution in [0.5, 0.6) is 0 Å². The molecule has 0 spiro atoms. The summed E-state index contributed by atoms with van der Waals surface area (Å²) < 4.78 is 1.85. The van der Waals surface area contributed by atoms with E-state index in [4.69, 9.17) is 0 Å². The molecule has 0 saturated carbocycles. The van der Waals surface area contributed by atoms with Gasteiger partial charge < -0.3 is 10.2 Å². The quantitative estimate of drug-likeness (QED) is 0.942. The fourth-order valence-corrected chi connectivity index (χ4v) is 3.07. The molecule has 0 aliphatic carbocycles. The van der Waals surface area contributed by atoms with Gasteiger partial charge in [-0.1, -0.05) is 18.2 Å². The Morgan fingerprint density at radius 3 is 2.91 bits per heavy atom. The maximum Gasteiger partial charge on any atom is 0.225 e. The zero-order valence-corrected chi connectivity index (χ0v) is 13.6. The molecule has 1 unspecified atom stereocenters. The van der Waals surface area contributed by atoms with Gasteiger partial charge in [-0.05, 0) is 50.6 Å². The van der Waals surface area contributed by atoms with Crippen molar-refractivity contribution in [3.63, 3.8) is 0 Å². The number of aromatic nitrogens is 2. The van der Waals surface area contributed by atoms with Gasteiger partial charge in [-0.15, -0.1) is 0 Å². The number of rotatable bonds is 4. The lowest BCUT2D eigenvalue weighted by molar-refractivity contribution is -0.135. The van der Waals surface area contributed by atoms with Crippen molar-refractivity contribution in [2.75, 3.05) is 20.1 Å². The summed E-state index contributed by atoms with van der Waals surface area (Å²) >= 11 is 0. The molecular weight excluding hydrogens is 288 g/mol. The molecule has 1 aromatic heterocycles. The molecule has 1 fully saturated rings. The molecule has 1 N–H and O–H groups in total. The van der Waals surface area contributed by atoms with Crippen LogP contribution in [0, 0.1) is 5.92 Å². The summed E-state index contributed by atoms with van der Waals surface area (Å²) in [5.74, 6) is 0.383. The molecular formula is C18H24N4O. The molecule has 0 bridgehead atoms. The number of carbonyl (C=O) groups excluding carboxylic acids is 1. The number of hydrogen-bond donors (Lipinski definition) is 1. The molecule has 1 atom stereocenters. The third-order valence-corrected chi connectivity index (χ3v) is 4.37. The van der Waals surface area contributed by atoms with Crippen LogP contribution < -0.4 is 5.32 Å². The van der Waals surface area contributed by atoms with E-state index in [2.05, 4.69) is 10.4 Å². The summed E-state index contributed by atoms with van der Waals surface area (Å²) in [6.45, 7) is 2.52. The zero-order chi connectivity index (χ0) is 16.1. The Kier molecular flexibility index (Phi) is 5.08. The highest BCUT2D eigenvalue weighted by atomic mass is 16.2. The summed E-state index contributed by atoms with van der Waals surface area (Å²) in [4.78, 5) is 14.4. The second-order valence-electron chi connectivity index (χ2n) is 6.16. The van der Waals surface area contributed by atoms with Crippen LogP contribution in [-0.4, -0.2) is 40.7 Å². The van der Waals surface area contributed by atoms with Gasteiger partial charge in [0.05, 0.1) is 17.9 Å². The standard InChI is InChI=1S/C18H24N4O/c1-21(18(23)15-6-5-11-19-12-9-15)14-16-10-13-22(20-16)17-7-3-2-4-8-17/h2-4,7-8,10,13,15,19H,5-6,9,11-12,14H2,1H3. The Bertz CT molecular complexity index is 629. The van der Waals surface area contributed by atoms with Crippen LogP contribution >= 0.6 is 0 Å². The van der Waals surface area contributed by atoms with Gasteiger partial charge in [0.2, 0.25) is 5.91 Å². The van der Waals surface area contributed by atoms with Gasteiger partial charge in [0.15, 0.2) is 0 Å². The van der Waals surface area contributed by atoms with Crippen LogP contribution in [0.4, 0.5) is 0 Å². The van der Waals surface area contributed by atoms with Crippen molar-refractivity contribution in [3.8, 4) is 5.69 Å². The van der Waals surface area contributed by atoms with Crippen LogP contribution in [0.3, 0.4) is 0 Å². The lowest BCUT2D eigenvalue weighted by Crippen LogP contribution is -2.33. The first-order valence-electron chi connectivity index (χ1n) is 8.30. The highest BCUT2D eigenvalue weighted by Gasteiger charge is 2.23. The van der Waals surface area contributed by atoms with Crippen molar-refractivity contribution in [2.45, 2.75) is 25.8 Å². The van der Waals surface area contributed by atoms with Gasteiger partial charge in [0.25, 0.3) is 0 Å². The summed E-state index contributed by atoms with van der Waals surface area (Å²) in [7, 11) is 1.88. The van der Waals surface area contributed by atoms with E-state index in [0.717, 1.165) is 43.7 Å². The van der Waals surface area contributed by atoms with Crippen molar-refractivity contribution in [3.05, 3.63) is 48.3 Å². The Labute approximate surface area is 137 Å². The molecule has 1 aliphatic rings. The molecule has 5 heteroatoms. The second kappa shape index (κ2) is 7.42. The van der Waals surface area contributed by atoms with Gasteiger partial charge in [-0.3, -0.25) is 4.79 Å². The topological polar surface area (TPSA) is 50.2 Å². The van der Waals surface area contributed by atoms with E-state index in [1.54, 1.807) is 0 Å². The molecule has 122 valence electrons. The van der Waals surface area contributed by atoms with Crippen LogP contribution in [0.2, 0.25) is 0 Å². The molecule has 1 aliphatic heterocycles. The van der Waals surface area contributed by atoms with E-state index in [1.807, 2.05) is 59.2 Å². The van der Waals surface area contributed by atoms with Gasteiger partial charge in [-0.2, -0.15) is 5.10 Å². The maximum absolute atomic E-state index is 12.6. The first kappa shape index (κ1) is 15.7. The second-order valence-corrected chi connectivity index (χ2v) is 6.16. The van der Waals surface area contributed by atoms with E-state index in [9.17, 15) is 4.79 Å². The van der Waals surface area contributed by atoms with Crippen LogP contribution in [0.15, 0.2) is 42.6 Å². The van der Waals surface area contributed by atoms with Crippen molar-refractivity contribution < 1.29 is 4.79 Å². The third-order valence-electron chi connectivity index (χ3n) is 4.37. The smallest absolute Gasteiger partial charge is 0.225 e. The molecule has 0 radical (unpaired) electrons. The number of para-hydroxylation sites is 1. The Hall–Kier alpha value is -2.14. The minimum atomic E-state index is 0.145. The van der Waals surface area contributed by atoms with Crippen molar-refractivity contribution in [1.29, 1.82) is 0 Å². The lowest BCUT2D eigenvalue weighted by Gasteiger charge is -2.22. The first-order valence-corrected chi connectivity index (χ1v) is 8.30. The average Bonchev–Trinajstić information content (AvgIpc) is 2.88. The molecule has 2 heterocycles. The van der Waals surface area contributed by atoms with E-state index in [-0.39, 0.29) is 11.8 Å². The fraction of sp³-hybridized carbons (Fsp3) is 0.444. The number of benzene rings is 1. The molecule has 1 amide bonds. The number of hydrogen-bond acceptors (Lipinski definition) is 3. The van der Waals surface area contributed by atoms with Crippen molar-refractivity contribution >= 4 is 5.91 Å². The monoisotopic (exact) mass is 312 g/mol. The van der Waals surface area contributed by atoms with E-state index >= 15 is 0 Å². The molecule has 1 saturated heterocycles. The van der Waals surface area contributed by atoms with Crippen LogP contribution in [0.1, 0.15) is 25.0 Å². The van der Waals surface area contributed by atoms with Crippen LogP contribution in [-0.2, 0) is 11.3 Å². The average molecular weight is 312 g/mol. The fourth-order valence-electron chi connectivity index (χ4n) is 3.07. The molecule has 3 rings (SSSR count). The number of amides is 1. The van der Waals surface area contributed by atoms with Crippen LogP contribution in [0.25, 0.3) is 5.69 Å². The first-order chi connectivity index (χ1) is 11.2. The van der Waals surface area contributed by atoms with Gasteiger partial charge >= 0.3 is 0 Å². The predicted molar refractivity (Wildman–Crippen MR) is 90.2 cm³/mol. The van der Waals surface area contributed by atoms with Crippen molar-refractivity contribution in [1.82, 2.24) is 20.0 Å². The highest BCUT2D eigenvalue weighted by molar-refractivity contribution is 5.78. The van der Waals surface area contributed by atoms with Gasteiger partial charge in [0, 0.05) is 19.2 Å². The number of nitrogens with zero attached hydrogens (tertiary/aromatic N) is 3. The summed E-state index contributed by atoms with van der Waals surface area (Å²) in [6.07, 6.45) is 4.93.